The third-order valence-electron chi connectivity index (χ3n) is 8.38. The van der Waals surface area contributed by atoms with Crippen molar-refractivity contribution in [3.05, 3.63) is 23.3 Å². The summed E-state index contributed by atoms with van der Waals surface area (Å²) < 4.78 is 17.0. The van der Waals surface area contributed by atoms with Crippen molar-refractivity contribution < 1.29 is 33.4 Å². The number of hydrogen-bond donors (Lipinski definition) is 1. The lowest BCUT2D eigenvalue weighted by Crippen LogP contribution is -2.54. The first-order valence-corrected chi connectivity index (χ1v) is 13.4. The van der Waals surface area contributed by atoms with Gasteiger partial charge in [0.25, 0.3) is 0 Å². The number of nitrogens with one attached hydrogen (secondary N) is 1. The third-order valence-corrected chi connectivity index (χ3v) is 8.38. The standard InChI is InChI=1S/C29H43NO7/c1-15(2)11-22-26-18(5)17(4)13-21-12-16(3)9-10-23(36-19(6)31)27(35-8)24(37-20(7)32)14-25(33)29(21,26)28(34)30-22/h12-13,15,18,21-24,26-27H,9-11,14H2,1-8H3,(H,30,34)/b16-12+/t18-,21+,22+,23?,24?,26+,27?,29-/m1/s1. The van der Waals surface area contributed by atoms with Crippen molar-refractivity contribution in [3.63, 3.8) is 0 Å². The van der Waals surface area contributed by atoms with Crippen molar-refractivity contribution in [3.8, 4) is 0 Å². The number of hydrogen-bond acceptors (Lipinski definition) is 7. The van der Waals surface area contributed by atoms with E-state index in [1.807, 2.05) is 13.0 Å². The van der Waals surface area contributed by atoms with Crippen molar-refractivity contribution >= 4 is 23.6 Å². The lowest BCUT2D eigenvalue weighted by Gasteiger charge is -2.45. The summed E-state index contributed by atoms with van der Waals surface area (Å²) in [6, 6.07) is -0.143. The monoisotopic (exact) mass is 517 g/mol. The Kier molecular flexibility index (Phi) is 9.04. The summed E-state index contributed by atoms with van der Waals surface area (Å²) >= 11 is 0. The van der Waals surface area contributed by atoms with E-state index in [0.29, 0.717) is 18.8 Å². The summed E-state index contributed by atoms with van der Waals surface area (Å²) in [5.74, 6) is -1.91. The molecule has 1 spiro atoms. The Hall–Kier alpha value is -2.48. The maximum atomic E-state index is 14.5. The number of ether oxygens (including phenoxy) is 3. The summed E-state index contributed by atoms with van der Waals surface area (Å²) in [4.78, 5) is 52.5. The molecule has 3 aliphatic rings. The molecule has 1 heterocycles. The van der Waals surface area contributed by atoms with Crippen LogP contribution in [-0.4, -0.2) is 55.1 Å². The number of carbonyl (C=O) groups excluding carboxylic acids is 4. The summed E-state index contributed by atoms with van der Waals surface area (Å²) in [7, 11) is 1.45. The number of rotatable bonds is 5. The van der Waals surface area contributed by atoms with Gasteiger partial charge in [-0.15, -0.1) is 0 Å². The number of carbonyl (C=O) groups is 4. The predicted octanol–water partition coefficient (Wildman–Crippen LogP) is 3.92. The smallest absolute Gasteiger partial charge is 0.303 e. The molecule has 0 aromatic carbocycles. The Morgan fingerprint density at radius 3 is 2.27 bits per heavy atom. The SMILES string of the molecule is COC1C(OC(C)=O)CC/C(C)=C/[C@H]2C=C(C)[C@@H](C)[C@H]3[C@H](CC(C)C)NC(=O)[C@]32C(=O)CC1OC(C)=O. The summed E-state index contributed by atoms with van der Waals surface area (Å²) in [5, 5.41) is 3.20. The average Bonchev–Trinajstić information content (AvgIpc) is 3.06. The van der Waals surface area contributed by atoms with Gasteiger partial charge in [-0.1, -0.05) is 44.1 Å². The van der Waals surface area contributed by atoms with E-state index in [1.165, 1.54) is 21.0 Å². The van der Waals surface area contributed by atoms with E-state index < -0.39 is 41.6 Å². The molecule has 0 aromatic heterocycles. The highest BCUT2D eigenvalue weighted by atomic mass is 16.6. The van der Waals surface area contributed by atoms with Crippen LogP contribution in [0.25, 0.3) is 0 Å². The number of methoxy groups -OCH3 is 1. The van der Waals surface area contributed by atoms with Crippen molar-refractivity contribution in [2.24, 2.45) is 29.1 Å². The fraction of sp³-hybridized carbons (Fsp3) is 0.724. The molecular weight excluding hydrogens is 474 g/mol. The van der Waals surface area contributed by atoms with Gasteiger partial charge in [0.1, 0.15) is 23.7 Å². The van der Waals surface area contributed by atoms with Gasteiger partial charge in [-0.2, -0.15) is 0 Å². The van der Waals surface area contributed by atoms with Crippen LogP contribution in [0.3, 0.4) is 0 Å². The van der Waals surface area contributed by atoms with Crippen LogP contribution in [0.5, 0.6) is 0 Å². The fourth-order valence-electron chi connectivity index (χ4n) is 6.80. The highest BCUT2D eigenvalue weighted by Crippen LogP contribution is 2.55. The minimum atomic E-state index is -1.32. The van der Waals surface area contributed by atoms with Gasteiger partial charge in [-0.3, -0.25) is 19.2 Å². The van der Waals surface area contributed by atoms with E-state index in [2.05, 4.69) is 39.1 Å². The van der Waals surface area contributed by atoms with E-state index in [0.717, 1.165) is 17.6 Å². The van der Waals surface area contributed by atoms with Gasteiger partial charge in [-0.05, 0) is 44.9 Å². The molecule has 3 unspecified atom stereocenters. The van der Waals surface area contributed by atoms with Gasteiger partial charge in [0.05, 0.1) is 0 Å². The molecule has 3 rings (SSSR count). The zero-order valence-corrected chi connectivity index (χ0v) is 23.5. The van der Waals surface area contributed by atoms with Crippen LogP contribution in [0, 0.1) is 29.1 Å². The summed E-state index contributed by atoms with van der Waals surface area (Å²) in [6.07, 6.45) is 3.06. The van der Waals surface area contributed by atoms with Gasteiger partial charge in [0.2, 0.25) is 5.91 Å². The van der Waals surface area contributed by atoms with Crippen LogP contribution >= 0.6 is 0 Å². The van der Waals surface area contributed by atoms with Crippen molar-refractivity contribution in [2.75, 3.05) is 7.11 Å². The van der Waals surface area contributed by atoms with Crippen LogP contribution < -0.4 is 5.32 Å². The fourth-order valence-corrected chi connectivity index (χ4v) is 6.80. The largest absolute Gasteiger partial charge is 0.460 e. The van der Waals surface area contributed by atoms with Crippen LogP contribution in [0.15, 0.2) is 23.3 Å². The quantitative estimate of drug-likeness (QED) is 0.334. The maximum absolute atomic E-state index is 14.5. The van der Waals surface area contributed by atoms with E-state index >= 15 is 0 Å². The highest BCUT2D eigenvalue weighted by Gasteiger charge is 2.65. The van der Waals surface area contributed by atoms with Crippen LogP contribution in [0.2, 0.25) is 0 Å². The molecule has 0 aromatic rings. The Bertz CT molecular complexity index is 983. The van der Waals surface area contributed by atoms with E-state index in [9.17, 15) is 19.2 Å². The van der Waals surface area contributed by atoms with E-state index in [1.54, 1.807) is 0 Å². The molecular formula is C29H43NO7. The zero-order valence-electron chi connectivity index (χ0n) is 23.5. The molecule has 8 nitrogen and oxygen atoms in total. The molecule has 0 saturated carbocycles. The molecule has 37 heavy (non-hydrogen) atoms. The average molecular weight is 518 g/mol. The molecule has 8 heteroatoms. The van der Waals surface area contributed by atoms with Gasteiger partial charge in [-0.25, -0.2) is 0 Å². The van der Waals surface area contributed by atoms with Gasteiger partial charge in [0.15, 0.2) is 5.78 Å². The Balaban J connectivity index is 2.21. The second-order valence-corrected chi connectivity index (χ2v) is 11.5. The third kappa shape index (κ3) is 5.69. The van der Waals surface area contributed by atoms with Gasteiger partial charge >= 0.3 is 11.9 Å². The molecule has 1 fully saturated rings. The molecule has 1 amide bonds. The predicted molar refractivity (Wildman–Crippen MR) is 138 cm³/mol. The van der Waals surface area contributed by atoms with Crippen LogP contribution in [0.4, 0.5) is 0 Å². The molecule has 0 bridgehead atoms. The van der Waals surface area contributed by atoms with E-state index in [-0.39, 0.29) is 36.0 Å². The van der Waals surface area contributed by atoms with Gasteiger partial charge in [0, 0.05) is 45.3 Å². The minimum absolute atomic E-state index is 0.0147. The summed E-state index contributed by atoms with van der Waals surface area (Å²) in [6.45, 7) is 13.0. The molecule has 8 atom stereocenters. The second-order valence-electron chi connectivity index (χ2n) is 11.5. The summed E-state index contributed by atoms with van der Waals surface area (Å²) in [5.41, 5.74) is 0.830. The molecule has 1 N–H and O–H groups in total. The zero-order chi connectivity index (χ0) is 27.7. The van der Waals surface area contributed by atoms with Gasteiger partial charge < -0.3 is 19.5 Å². The second kappa shape index (κ2) is 11.5. The number of allylic oxidation sites excluding steroid dienone is 4. The Morgan fingerprint density at radius 2 is 1.70 bits per heavy atom. The first-order chi connectivity index (χ1) is 17.3. The van der Waals surface area contributed by atoms with Crippen molar-refractivity contribution in [2.45, 2.75) is 98.5 Å². The maximum Gasteiger partial charge on any atom is 0.303 e. The number of Topliss-reactive ketones (excluding diaryl/α,β-unsaturated/α-hetero) is 1. The first-order valence-electron chi connectivity index (χ1n) is 13.4. The molecule has 0 radical (unpaired) electrons. The lowest BCUT2D eigenvalue weighted by molar-refractivity contribution is -0.173. The van der Waals surface area contributed by atoms with Crippen LogP contribution in [-0.2, 0) is 33.4 Å². The molecule has 1 saturated heterocycles. The van der Waals surface area contributed by atoms with Crippen molar-refractivity contribution in [1.29, 1.82) is 0 Å². The Morgan fingerprint density at radius 1 is 1.08 bits per heavy atom. The minimum Gasteiger partial charge on any atom is -0.460 e. The highest BCUT2D eigenvalue weighted by molar-refractivity contribution is 6.09. The number of esters is 2. The number of amides is 1. The van der Waals surface area contributed by atoms with Crippen molar-refractivity contribution in [1.82, 2.24) is 5.32 Å². The first kappa shape index (κ1) is 29.1. The van der Waals surface area contributed by atoms with Crippen LogP contribution in [0.1, 0.15) is 74.1 Å². The molecule has 206 valence electrons. The van der Waals surface area contributed by atoms with E-state index in [4.69, 9.17) is 14.2 Å². The lowest BCUT2D eigenvalue weighted by atomic mass is 9.54. The Labute approximate surface area is 220 Å². The topological polar surface area (TPSA) is 108 Å². The molecule has 1 aliphatic heterocycles. The molecule has 2 aliphatic carbocycles. The number of ketones is 1. The normalized spacial score (nSPS) is 37.8.